The molecule has 0 aliphatic carbocycles. The van der Waals surface area contributed by atoms with Gasteiger partial charge in [-0.1, -0.05) is 11.6 Å². The first kappa shape index (κ1) is 10.4. The fourth-order valence-electron chi connectivity index (χ4n) is 1.10. The van der Waals surface area contributed by atoms with Gasteiger partial charge in [0, 0.05) is 6.04 Å². The molecule has 1 aromatic carbocycles. The number of rotatable bonds is 2. The standard InChI is InChI=1S/C9H10ClF2N/c1-5(13)2-6-3-7(10)9(12)8(11)4-6/h3-5H,2,13H2,1H3. The summed E-state index contributed by atoms with van der Waals surface area (Å²) in [4.78, 5) is 0. The minimum atomic E-state index is -1.00. The molecule has 0 saturated heterocycles. The van der Waals surface area contributed by atoms with E-state index in [9.17, 15) is 8.78 Å². The van der Waals surface area contributed by atoms with Crippen LogP contribution < -0.4 is 5.73 Å². The van der Waals surface area contributed by atoms with Crippen LogP contribution in [0.15, 0.2) is 12.1 Å². The zero-order chi connectivity index (χ0) is 10.0. The molecule has 1 aromatic rings. The van der Waals surface area contributed by atoms with Crippen molar-refractivity contribution in [2.24, 2.45) is 5.73 Å². The molecule has 0 aliphatic rings. The average molecular weight is 206 g/mol. The highest BCUT2D eigenvalue weighted by atomic mass is 35.5. The Morgan fingerprint density at radius 3 is 2.54 bits per heavy atom. The third-order valence-electron chi connectivity index (χ3n) is 1.60. The summed E-state index contributed by atoms with van der Waals surface area (Å²) in [7, 11) is 0. The number of benzene rings is 1. The van der Waals surface area contributed by atoms with E-state index < -0.39 is 11.6 Å². The van der Waals surface area contributed by atoms with Crippen LogP contribution in [0.5, 0.6) is 0 Å². The van der Waals surface area contributed by atoms with Crippen LogP contribution in [-0.2, 0) is 6.42 Å². The highest BCUT2D eigenvalue weighted by Gasteiger charge is 2.09. The largest absolute Gasteiger partial charge is 0.328 e. The van der Waals surface area contributed by atoms with Gasteiger partial charge in [0.2, 0.25) is 0 Å². The lowest BCUT2D eigenvalue weighted by Crippen LogP contribution is -2.17. The Labute approximate surface area is 80.5 Å². The molecule has 0 saturated carbocycles. The summed E-state index contributed by atoms with van der Waals surface area (Å²) in [6.07, 6.45) is 0.483. The number of hydrogen-bond donors (Lipinski definition) is 1. The summed E-state index contributed by atoms with van der Waals surface area (Å²) in [5.41, 5.74) is 6.11. The molecule has 0 bridgehead atoms. The van der Waals surface area contributed by atoms with E-state index in [0.717, 1.165) is 6.07 Å². The van der Waals surface area contributed by atoms with Gasteiger partial charge in [0.15, 0.2) is 11.6 Å². The summed E-state index contributed by atoms with van der Waals surface area (Å²) in [6, 6.07) is 2.41. The SMILES string of the molecule is CC(N)Cc1cc(F)c(F)c(Cl)c1. The smallest absolute Gasteiger partial charge is 0.177 e. The fourth-order valence-corrected chi connectivity index (χ4v) is 1.33. The third-order valence-corrected chi connectivity index (χ3v) is 1.88. The fraction of sp³-hybridized carbons (Fsp3) is 0.333. The molecule has 0 amide bonds. The van der Waals surface area contributed by atoms with Crippen molar-refractivity contribution in [1.82, 2.24) is 0 Å². The molecular weight excluding hydrogens is 196 g/mol. The summed E-state index contributed by atoms with van der Waals surface area (Å²) < 4.78 is 25.5. The van der Waals surface area contributed by atoms with Gasteiger partial charge >= 0.3 is 0 Å². The van der Waals surface area contributed by atoms with Gasteiger partial charge in [-0.3, -0.25) is 0 Å². The summed E-state index contributed by atoms with van der Waals surface area (Å²) in [5, 5.41) is -0.198. The minimum absolute atomic E-state index is 0.0964. The predicted octanol–water partition coefficient (Wildman–Crippen LogP) is 2.51. The maximum absolute atomic E-state index is 12.8. The van der Waals surface area contributed by atoms with Crippen molar-refractivity contribution in [3.63, 3.8) is 0 Å². The van der Waals surface area contributed by atoms with Crippen molar-refractivity contribution in [1.29, 1.82) is 0 Å². The molecule has 0 radical (unpaired) electrons. The van der Waals surface area contributed by atoms with Crippen molar-refractivity contribution in [3.05, 3.63) is 34.4 Å². The summed E-state index contributed by atoms with van der Waals surface area (Å²) >= 11 is 5.45. The molecule has 0 aromatic heterocycles. The van der Waals surface area contributed by atoms with Crippen LogP contribution in [0.1, 0.15) is 12.5 Å². The molecule has 0 aliphatic heterocycles. The molecular formula is C9H10ClF2N. The Balaban J connectivity index is 2.99. The van der Waals surface area contributed by atoms with Crippen molar-refractivity contribution in [2.75, 3.05) is 0 Å². The summed E-state index contributed by atoms with van der Waals surface area (Å²) in [5.74, 6) is -1.93. The van der Waals surface area contributed by atoms with Gasteiger partial charge in [0.25, 0.3) is 0 Å². The Hall–Kier alpha value is -0.670. The van der Waals surface area contributed by atoms with E-state index in [1.165, 1.54) is 6.07 Å². The highest BCUT2D eigenvalue weighted by Crippen LogP contribution is 2.20. The minimum Gasteiger partial charge on any atom is -0.328 e. The maximum atomic E-state index is 12.8. The van der Waals surface area contributed by atoms with Gasteiger partial charge in [-0.25, -0.2) is 8.78 Å². The normalized spacial score (nSPS) is 13.0. The lowest BCUT2D eigenvalue weighted by molar-refractivity contribution is 0.506. The predicted molar refractivity (Wildman–Crippen MR) is 48.7 cm³/mol. The second kappa shape index (κ2) is 4.03. The van der Waals surface area contributed by atoms with E-state index in [-0.39, 0.29) is 11.1 Å². The first-order chi connectivity index (χ1) is 6.00. The molecule has 0 heterocycles. The van der Waals surface area contributed by atoms with Gasteiger partial charge in [-0.15, -0.1) is 0 Å². The maximum Gasteiger partial charge on any atom is 0.177 e. The van der Waals surface area contributed by atoms with Crippen LogP contribution in [-0.4, -0.2) is 6.04 Å². The first-order valence-corrected chi connectivity index (χ1v) is 4.27. The molecule has 0 spiro atoms. The number of nitrogens with two attached hydrogens (primary N) is 1. The molecule has 2 N–H and O–H groups in total. The van der Waals surface area contributed by atoms with E-state index in [1.807, 2.05) is 0 Å². The van der Waals surface area contributed by atoms with Crippen molar-refractivity contribution >= 4 is 11.6 Å². The van der Waals surface area contributed by atoms with E-state index in [4.69, 9.17) is 17.3 Å². The molecule has 0 fully saturated rings. The lowest BCUT2D eigenvalue weighted by atomic mass is 10.1. The van der Waals surface area contributed by atoms with Crippen molar-refractivity contribution in [3.8, 4) is 0 Å². The molecule has 72 valence electrons. The number of halogens is 3. The summed E-state index contributed by atoms with van der Waals surface area (Å²) in [6.45, 7) is 1.79. The van der Waals surface area contributed by atoms with Crippen LogP contribution in [0.25, 0.3) is 0 Å². The average Bonchev–Trinajstić information content (AvgIpc) is 1.98. The molecule has 4 heteroatoms. The quantitative estimate of drug-likeness (QED) is 0.738. The molecule has 1 nitrogen and oxygen atoms in total. The number of hydrogen-bond acceptors (Lipinski definition) is 1. The van der Waals surface area contributed by atoms with E-state index in [2.05, 4.69) is 0 Å². The third kappa shape index (κ3) is 2.64. The van der Waals surface area contributed by atoms with Crippen LogP contribution >= 0.6 is 11.6 Å². The van der Waals surface area contributed by atoms with Crippen LogP contribution in [0, 0.1) is 11.6 Å². The van der Waals surface area contributed by atoms with Crippen LogP contribution in [0.3, 0.4) is 0 Å². The van der Waals surface area contributed by atoms with Gasteiger partial charge in [-0.05, 0) is 31.0 Å². The van der Waals surface area contributed by atoms with E-state index in [1.54, 1.807) is 6.92 Å². The van der Waals surface area contributed by atoms with E-state index >= 15 is 0 Å². The van der Waals surface area contributed by atoms with Gasteiger partial charge < -0.3 is 5.73 Å². The Bertz CT molecular complexity index is 289. The molecule has 13 heavy (non-hydrogen) atoms. The highest BCUT2D eigenvalue weighted by molar-refractivity contribution is 6.30. The molecule has 1 atom stereocenters. The molecule has 1 rings (SSSR count). The van der Waals surface area contributed by atoms with Gasteiger partial charge in [0.1, 0.15) is 0 Å². The molecule has 1 unspecified atom stereocenters. The Morgan fingerprint density at radius 1 is 1.46 bits per heavy atom. The van der Waals surface area contributed by atoms with Gasteiger partial charge in [-0.2, -0.15) is 0 Å². The first-order valence-electron chi connectivity index (χ1n) is 3.89. The topological polar surface area (TPSA) is 26.0 Å². The van der Waals surface area contributed by atoms with E-state index in [0.29, 0.717) is 12.0 Å². The van der Waals surface area contributed by atoms with Crippen molar-refractivity contribution in [2.45, 2.75) is 19.4 Å². The van der Waals surface area contributed by atoms with Crippen molar-refractivity contribution < 1.29 is 8.78 Å². The second-order valence-electron chi connectivity index (χ2n) is 3.05. The Morgan fingerprint density at radius 2 is 2.08 bits per heavy atom. The van der Waals surface area contributed by atoms with Crippen LogP contribution in [0.2, 0.25) is 5.02 Å². The zero-order valence-electron chi connectivity index (χ0n) is 7.15. The monoisotopic (exact) mass is 205 g/mol. The van der Waals surface area contributed by atoms with Gasteiger partial charge in [0.05, 0.1) is 5.02 Å². The van der Waals surface area contributed by atoms with Crippen LogP contribution in [0.4, 0.5) is 8.78 Å². The lowest BCUT2D eigenvalue weighted by Gasteiger charge is -2.06. The zero-order valence-corrected chi connectivity index (χ0v) is 7.91. The Kier molecular flexibility index (Phi) is 3.22. The second-order valence-corrected chi connectivity index (χ2v) is 3.46.